The number of H-pyrrole nitrogens is 1. The molecule has 1 saturated heterocycles. The van der Waals surface area contributed by atoms with E-state index >= 15 is 0 Å². The van der Waals surface area contributed by atoms with E-state index in [1.165, 1.54) is 12.5 Å². The average molecular weight is 365 g/mol. The summed E-state index contributed by atoms with van der Waals surface area (Å²) in [5, 5.41) is 18.7. The Morgan fingerprint density at radius 1 is 1.30 bits per heavy atom. The van der Waals surface area contributed by atoms with E-state index in [9.17, 15) is 19.7 Å². The van der Waals surface area contributed by atoms with Crippen molar-refractivity contribution in [1.82, 2.24) is 9.88 Å². The lowest BCUT2D eigenvalue weighted by molar-refractivity contribution is 0.151. The Bertz CT molecular complexity index is 1010. The minimum absolute atomic E-state index is 0.0389. The van der Waals surface area contributed by atoms with Gasteiger partial charge in [0.2, 0.25) is 0 Å². The van der Waals surface area contributed by atoms with E-state index in [1.807, 2.05) is 6.07 Å². The highest BCUT2D eigenvalue weighted by Crippen LogP contribution is 2.30. The molecule has 0 spiro atoms. The van der Waals surface area contributed by atoms with Crippen molar-refractivity contribution in [3.05, 3.63) is 51.1 Å². The molecule has 1 aliphatic heterocycles. The number of pyridine rings is 1. The number of anilines is 1. The number of hydrogen-bond donors (Lipinski definition) is 2. The lowest BCUT2D eigenvalue weighted by atomic mass is 9.95. The maximum atomic E-state index is 14.8. The first-order valence-corrected chi connectivity index (χ1v) is 8.85. The van der Waals surface area contributed by atoms with E-state index in [4.69, 9.17) is 5.73 Å². The number of likely N-dealkylation sites (tertiary alicyclic amines) is 1. The largest absolute Gasteiger partial charge is 0.384 e. The van der Waals surface area contributed by atoms with Crippen LogP contribution in [-0.2, 0) is 6.54 Å². The van der Waals surface area contributed by atoms with E-state index < -0.39 is 11.4 Å². The average Bonchev–Trinajstić information content (AvgIpc) is 2.64. The molecule has 0 radical (unpaired) electrons. The number of aromatic amines is 1. The molecule has 0 amide bonds. The molecule has 138 valence electrons. The summed E-state index contributed by atoms with van der Waals surface area (Å²) < 4.78 is 14.8. The summed E-state index contributed by atoms with van der Waals surface area (Å²) in [6.07, 6.45) is 3.40. The van der Waals surface area contributed by atoms with E-state index in [2.05, 4.69) is 16.8 Å². The van der Waals surface area contributed by atoms with Crippen LogP contribution < -0.4 is 11.3 Å². The Morgan fingerprint density at radius 2 is 2.04 bits per heavy atom. The number of aromatic nitrogens is 1. The van der Waals surface area contributed by atoms with Crippen LogP contribution in [-0.4, -0.2) is 22.5 Å². The summed E-state index contributed by atoms with van der Waals surface area (Å²) in [4.78, 5) is 16.5. The Balaban J connectivity index is 2.03. The Kier molecular flexibility index (Phi) is 5.25. The molecule has 3 rings (SSSR count). The zero-order valence-corrected chi connectivity index (χ0v) is 15.1. The first-order valence-electron chi connectivity index (χ1n) is 8.85. The second kappa shape index (κ2) is 7.61. The van der Waals surface area contributed by atoms with Gasteiger partial charge in [0.15, 0.2) is 0 Å². The smallest absolute Gasteiger partial charge is 0.268 e. The molecule has 27 heavy (non-hydrogen) atoms. The van der Waals surface area contributed by atoms with Crippen molar-refractivity contribution in [3.63, 3.8) is 0 Å². The quantitative estimate of drug-likeness (QED) is 0.869. The summed E-state index contributed by atoms with van der Waals surface area (Å²) in [5.74, 6) is -0.569. The molecular formula is C20H20FN5O. The summed E-state index contributed by atoms with van der Waals surface area (Å²) in [5.41, 5.74) is 5.62. The molecule has 0 aliphatic carbocycles. The van der Waals surface area contributed by atoms with Gasteiger partial charge in [-0.3, -0.25) is 9.69 Å². The summed E-state index contributed by atoms with van der Waals surface area (Å²) in [7, 11) is 0. The van der Waals surface area contributed by atoms with E-state index in [-0.39, 0.29) is 28.1 Å². The molecule has 6 nitrogen and oxygen atoms in total. The van der Waals surface area contributed by atoms with E-state index in [1.54, 1.807) is 18.2 Å². The number of nitrogens with zero attached hydrogens (tertiary/aromatic N) is 3. The SMILES string of the molecule is CC1CCCCN1Cc1ccc(-c2c(C#N)c(N)[nH]c(=O)c2C#N)cc1F. The number of hydrogen-bond acceptors (Lipinski definition) is 5. The Labute approximate surface area is 156 Å². The number of rotatable bonds is 3. The highest BCUT2D eigenvalue weighted by Gasteiger charge is 2.22. The molecule has 1 aromatic heterocycles. The van der Waals surface area contributed by atoms with Gasteiger partial charge < -0.3 is 10.7 Å². The van der Waals surface area contributed by atoms with Crippen LogP contribution in [0.1, 0.15) is 42.9 Å². The lowest BCUT2D eigenvalue weighted by Crippen LogP contribution is -2.36. The number of nitrogen functional groups attached to an aromatic ring is 1. The summed E-state index contributed by atoms with van der Waals surface area (Å²) >= 11 is 0. The highest BCUT2D eigenvalue weighted by atomic mass is 19.1. The fraction of sp³-hybridized carbons (Fsp3) is 0.350. The number of halogens is 1. The van der Waals surface area contributed by atoms with Gasteiger partial charge >= 0.3 is 0 Å². The highest BCUT2D eigenvalue weighted by molar-refractivity contribution is 5.80. The molecule has 1 unspecified atom stereocenters. The third kappa shape index (κ3) is 3.55. The van der Waals surface area contributed by atoms with Gasteiger partial charge in [0, 0.05) is 23.7 Å². The number of nitriles is 2. The maximum Gasteiger partial charge on any atom is 0.268 e. The van der Waals surface area contributed by atoms with Crippen molar-refractivity contribution in [2.45, 2.75) is 38.8 Å². The topological polar surface area (TPSA) is 110 Å². The van der Waals surface area contributed by atoms with Gasteiger partial charge in [0.05, 0.1) is 0 Å². The van der Waals surface area contributed by atoms with Crippen LogP contribution in [0.15, 0.2) is 23.0 Å². The Hall–Kier alpha value is -3.16. The van der Waals surface area contributed by atoms with Crippen molar-refractivity contribution in [3.8, 4) is 23.3 Å². The predicted octanol–water partition coefficient (Wildman–Crippen LogP) is 2.88. The van der Waals surface area contributed by atoms with Gasteiger partial charge in [-0.1, -0.05) is 18.6 Å². The van der Waals surface area contributed by atoms with E-state index in [0.717, 1.165) is 19.4 Å². The van der Waals surface area contributed by atoms with Gasteiger partial charge in [-0.25, -0.2) is 4.39 Å². The fourth-order valence-electron chi connectivity index (χ4n) is 3.57. The number of piperidine rings is 1. The molecule has 2 heterocycles. The molecule has 0 bridgehead atoms. The van der Waals surface area contributed by atoms with Crippen LogP contribution in [0.3, 0.4) is 0 Å². The van der Waals surface area contributed by atoms with Crippen molar-refractivity contribution in [2.75, 3.05) is 12.3 Å². The van der Waals surface area contributed by atoms with Crippen molar-refractivity contribution in [2.24, 2.45) is 0 Å². The van der Waals surface area contributed by atoms with Gasteiger partial charge in [0.1, 0.15) is 34.9 Å². The predicted molar refractivity (Wildman–Crippen MR) is 100 cm³/mol. The van der Waals surface area contributed by atoms with Crippen LogP contribution in [0.5, 0.6) is 0 Å². The summed E-state index contributed by atoms with van der Waals surface area (Å²) in [6.45, 7) is 3.58. The molecule has 0 saturated carbocycles. The molecule has 1 aromatic carbocycles. The van der Waals surface area contributed by atoms with Crippen LogP contribution in [0.2, 0.25) is 0 Å². The summed E-state index contributed by atoms with van der Waals surface area (Å²) in [6, 6.07) is 8.62. The van der Waals surface area contributed by atoms with Crippen LogP contribution >= 0.6 is 0 Å². The third-order valence-electron chi connectivity index (χ3n) is 5.12. The van der Waals surface area contributed by atoms with Crippen molar-refractivity contribution in [1.29, 1.82) is 10.5 Å². The minimum Gasteiger partial charge on any atom is -0.384 e. The number of nitrogens with two attached hydrogens (primary N) is 1. The lowest BCUT2D eigenvalue weighted by Gasteiger charge is -2.33. The fourth-order valence-corrected chi connectivity index (χ4v) is 3.57. The zero-order valence-electron chi connectivity index (χ0n) is 15.1. The second-order valence-electron chi connectivity index (χ2n) is 6.84. The number of benzene rings is 1. The van der Waals surface area contributed by atoms with Crippen molar-refractivity contribution >= 4 is 5.82 Å². The monoisotopic (exact) mass is 365 g/mol. The van der Waals surface area contributed by atoms with Gasteiger partial charge in [0.25, 0.3) is 5.56 Å². The molecule has 1 fully saturated rings. The van der Waals surface area contributed by atoms with Gasteiger partial charge in [-0.2, -0.15) is 10.5 Å². The maximum absolute atomic E-state index is 14.8. The standard InChI is InChI=1S/C20H20FN5O/c1-12-4-2-3-7-26(12)11-14-6-5-13(8-17(14)21)18-15(9-22)19(24)25-20(27)16(18)10-23/h5-6,8,12H,2-4,7,11H2,1H3,(H3,24,25,27). The van der Waals surface area contributed by atoms with Crippen LogP contribution in [0.25, 0.3) is 11.1 Å². The minimum atomic E-state index is -0.698. The van der Waals surface area contributed by atoms with E-state index in [0.29, 0.717) is 18.2 Å². The molecule has 1 aliphatic rings. The molecule has 3 N–H and O–H groups in total. The first kappa shape index (κ1) is 18.6. The first-order chi connectivity index (χ1) is 13.0. The zero-order chi connectivity index (χ0) is 19.6. The molecule has 2 aromatic rings. The van der Waals surface area contributed by atoms with Crippen LogP contribution in [0, 0.1) is 28.5 Å². The van der Waals surface area contributed by atoms with Crippen molar-refractivity contribution < 1.29 is 4.39 Å². The van der Waals surface area contributed by atoms with Gasteiger partial charge in [-0.15, -0.1) is 0 Å². The second-order valence-corrected chi connectivity index (χ2v) is 6.84. The number of nitrogens with one attached hydrogen (secondary N) is 1. The normalized spacial score (nSPS) is 17.3. The Morgan fingerprint density at radius 3 is 2.67 bits per heavy atom. The molecule has 1 atom stereocenters. The third-order valence-corrected chi connectivity index (χ3v) is 5.12. The molecule has 7 heteroatoms. The van der Waals surface area contributed by atoms with Crippen LogP contribution in [0.4, 0.5) is 10.2 Å². The van der Waals surface area contributed by atoms with Gasteiger partial charge in [-0.05, 0) is 37.9 Å². The molecular weight excluding hydrogens is 345 g/mol.